The minimum absolute atomic E-state index is 0.0272. The summed E-state index contributed by atoms with van der Waals surface area (Å²) in [6.45, 7) is 0.382. The van der Waals surface area contributed by atoms with E-state index < -0.39 is 28.9 Å². The van der Waals surface area contributed by atoms with E-state index in [0.29, 0.717) is 19.4 Å². The second-order valence-corrected chi connectivity index (χ2v) is 10.5. The Hall–Kier alpha value is -3.24. The van der Waals surface area contributed by atoms with Crippen molar-refractivity contribution in [1.29, 1.82) is 0 Å². The van der Waals surface area contributed by atoms with Crippen LogP contribution in [0.3, 0.4) is 0 Å². The fourth-order valence-electron chi connectivity index (χ4n) is 5.53. The molecule has 1 saturated carbocycles. The number of aliphatic hydroxyl groups excluding tert-OH is 2. The van der Waals surface area contributed by atoms with Crippen LogP contribution < -0.4 is 15.5 Å². The molecule has 3 N–H and O–H groups in total. The fraction of sp³-hybridized carbons (Fsp3) is 0.357. The maximum absolute atomic E-state index is 14.4. The summed E-state index contributed by atoms with van der Waals surface area (Å²) in [5.74, 6) is -1.38. The number of aromatic nitrogens is 1. The highest BCUT2D eigenvalue weighted by molar-refractivity contribution is 6.30. The average molecular weight is 542 g/mol. The molecule has 1 aromatic heterocycles. The van der Waals surface area contributed by atoms with Crippen molar-refractivity contribution in [3.8, 4) is 5.75 Å². The molecule has 0 bridgehead atoms. The zero-order valence-corrected chi connectivity index (χ0v) is 21.6. The molecule has 2 aromatic carbocycles. The lowest BCUT2D eigenvalue weighted by Gasteiger charge is -2.55. The predicted molar refractivity (Wildman–Crippen MR) is 139 cm³/mol. The second-order valence-electron chi connectivity index (χ2n) is 10.1. The van der Waals surface area contributed by atoms with Crippen LogP contribution in [0.25, 0.3) is 0 Å². The molecule has 8 nitrogen and oxygen atoms in total. The third-order valence-corrected chi connectivity index (χ3v) is 7.75. The van der Waals surface area contributed by atoms with Gasteiger partial charge in [0.05, 0.1) is 10.6 Å². The van der Waals surface area contributed by atoms with Gasteiger partial charge >= 0.3 is 0 Å². The Kier molecular flexibility index (Phi) is 7.28. The summed E-state index contributed by atoms with van der Waals surface area (Å²) in [5, 5.41) is 23.4. The first-order chi connectivity index (χ1) is 18.2. The Morgan fingerprint density at radius 1 is 1.21 bits per heavy atom. The molecule has 2 heterocycles. The van der Waals surface area contributed by atoms with E-state index >= 15 is 0 Å². The third-order valence-electron chi connectivity index (χ3n) is 7.46. The number of carbonyl (C=O) groups is 1. The normalized spacial score (nSPS) is 22.6. The van der Waals surface area contributed by atoms with Crippen LogP contribution in [0.5, 0.6) is 5.75 Å². The molecule has 1 fully saturated rings. The molecule has 5 rings (SSSR count). The van der Waals surface area contributed by atoms with Gasteiger partial charge in [-0.15, -0.1) is 0 Å². The number of halogens is 2. The number of aliphatic hydroxyl groups is 2. The first-order valence-corrected chi connectivity index (χ1v) is 12.8. The third kappa shape index (κ3) is 4.71. The van der Waals surface area contributed by atoms with E-state index in [9.17, 15) is 24.2 Å². The topological polar surface area (TPSA) is 104 Å². The van der Waals surface area contributed by atoms with Crippen LogP contribution in [0.4, 0.5) is 4.39 Å². The summed E-state index contributed by atoms with van der Waals surface area (Å²) in [6.07, 6.45) is 1.55. The smallest absolute Gasteiger partial charge is 0.257 e. The summed E-state index contributed by atoms with van der Waals surface area (Å²) in [7, 11) is 1.76. The quantitative estimate of drug-likeness (QED) is 0.424. The Morgan fingerprint density at radius 2 is 1.95 bits per heavy atom. The Morgan fingerprint density at radius 3 is 2.66 bits per heavy atom. The molecular weight excluding hydrogens is 513 g/mol. The van der Waals surface area contributed by atoms with Crippen molar-refractivity contribution in [2.24, 2.45) is 5.92 Å². The summed E-state index contributed by atoms with van der Waals surface area (Å²) < 4.78 is 22.2. The zero-order chi connectivity index (χ0) is 27.0. The van der Waals surface area contributed by atoms with Crippen molar-refractivity contribution in [3.05, 3.63) is 98.2 Å². The SMILES string of the molecule is CN1CC2(CC(CO)C2)n2cc(C(=O)NCc3cccc(Cl)c3F)c(=O)c(OCc3ccccc3)c2C1O. The van der Waals surface area contributed by atoms with E-state index in [1.165, 1.54) is 18.3 Å². The van der Waals surface area contributed by atoms with Crippen LogP contribution in [0.2, 0.25) is 5.02 Å². The summed E-state index contributed by atoms with van der Waals surface area (Å²) >= 11 is 5.86. The number of amides is 1. The van der Waals surface area contributed by atoms with E-state index in [0.717, 1.165) is 5.56 Å². The van der Waals surface area contributed by atoms with Crippen LogP contribution in [-0.4, -0.2) is 45.8 Å². The van der Waals surface area contributed by atoms with Gasteiger partial charge in [0.25, 0.3) is 5.91 Å². The lowest BCUT2D eigenvalue weighted by atomic mass is 9.67. The molecule has 1 spiro atoms. The van der Waals surface area contributed by atoms with Crippen molar-refractivity contribution in [2.45, 2.75) is 37.8 Å². The molecule has 1 atom stereocenters. The molecule has 1 unspecified atom stereocenters. The Labute approximate surface area is 224 Å². The van der Waals surface area contributed by atoms with Crippen molar-refractivity contribution in [3.63, 3.8) is 0 Å². The van der Waals surface area contributed by atoms with Crippen molar-refractivity contribution in [2.75, 3.05) is 20.2 Å². The number of benzene rings is 2. The number of pyridine rings is 1. The van der Waals surface area contributed by atoms with Gasteiger partial charge in [0, 0.05) is 31.5 Å². The number of hydrogen-bond donors (Lipinski definition) is 3. The molecule has 3 aromatic rings. The van der Waals surface area contributed by atoms with E-state index in [-0.39, 0.29) is 53.3 Å². The Balaban J connectivity index is 1.55. The van der Waals surface area contributed by atoms with Gasteiger partial charge in [-0.1, -0.05) is 54.1 Å². The van der Waals surface area contributed by atoms with Gasteiger partial charge in [0.1, 0.15) is 23.7 Å². The van der Waals surface area contributed by atoms with Gasteiger partial charge in [-0.05, 0) is 37.4 Å². The molecule has 0 saturated heterocycles. The molecule has 200 valence electrons. The predicted octanol–water partition coefficient (Wildman–Crippen LogP) is 3.18. The van der Waals surface area contributed by atoms with Crippen LogP contribution in [0.15, 0.2) is 59.5 Å². The highest BCUT2D eigenvalue weighted by atomic mass is 35.5. The standard InChI is InChI=1S/C28H29ClFN3O5/c1-32-16-28(10-18(11-28)14-34)33-13-20(26(36)31-12-19-8-5-9-21(29)22(19)30)24(35)25(23(33)27(32)37)38-15-17-6-3-2-4-7-17/h2-9,13,18,27,34,37H,10-12,14-16H2,1H3,(H,31,36). The van der Waals surface area contributed by atoms with Crippen LogP contribution in [-0.2, 0) is 18.7 Å². The fourth-order valence-corrected chi connectivity index (χ4v) is 5.73. The number of likely N-dealkylation sites (N-methyl/N-ethyl adjacent to an activating group) is 1. The molecule has 1 aliphatic heterocycles. The van der Waals surface area contributed by atoms with Crippen molar-refractivity contribution < 1.29 is 24.1 Å². The van der Waals surface area contributed by atoms with Crippen LogP contribution >= 0.6 is 11.6 Å². The maximum atomic E-state index is 14.4. The van der Waals surface area contributed by atoms with Crippen LogP contribution in [0.1, 0.15) is 46.2 Å². The first kappa shape index (κ1) is 26.4. The number of nitrogens with zero attached hydrogens (tertiary/aromatic N) is 2. The van der Waals surface area contributed by atoms with Crippen LogP contribution in [0, 0.1) is 11.7 Å². The van der Waals surface area contributed by atoms with Gasteiger partial charge in [-0.3, -0.25) is 14.5 Å². The number of nitrogens with one attached hydrogen (secondary N) is 1. The molecule has 0 radical (unpaired) electrons. The molecular formula is C28H29ClFN3O5. The van der Waals surface area contributed by atoms with Gasteiger partial charge < -0.3 is 24.8 Å². The lowest BCUT2D eigenvalue weighted by molar-refractivity contribution is -0.0887. The minimum atomic E-state index is -1.13. The molecule has 38 heavy (non-hydrogen) atoms. The monoisotopic (exact) mass is 541 g/mol. The molecule has 2 aliphatic rings. The summed E-state index contributed by atoms with van der Waals surface area (Å²) in [5.41, 5.74) is -0.101. The molecule has 1 amide bonds. The van der Waals surface area contributed by atoms with Crippen molar-refractivity contribution in [1.82, 2.24) is 14.8 Å². The van der Waals surface area contributed by atoms with E-state index in [4.69, 9.17) is 16.3 Å². The summed E-state index contributed by atoms with van der Waals surface area (Å²) in [4.78, 5) is 28.7. The number of rotatable bonds is 7. The van der Waals surface area contributed by atoms with Gasteiger partial charge in [0.2, 0.25) is 5.43 Å². The van der Waals surface area contributed by atoms with E-state index in [2.05, 4.69) is 5.32 Å². The number of carbonyl (C=O) groups excluding carboxylic acids is 1. The lowest BCUT2D eigenvalue weighted by Crippen LogP contribution is -2.59. The van der Waals surface area contributed by atoms with E-state index in [1.807, 2.05) is 30.3 Å². The largest absolute Gasteiger partial charge is 0.483 e. The maximum Gasteiger partial charge on any atom is 0.257 e. The minimum Gasteiger partial charge on any atom is -0.483 e. The van der Waals surface area contributed by atoms with Crippen molar-refractivity contribution >= 4 is 17.5 Å². The highest BCUT2D eigenvalue weighted by Crippen LogP contribution is 2.49. The average Bonchev–Trinajstić information content (AvgIpc) is 2.89. The second kappa shape index (κ2) is 10.5. The molecule has 1 aliphatic carbocycles. The summed E-state index contributed by atoms with van der Waals surface area (Å²) in [6, 6.07) is 13.7. The number of fused-ring (bicyclic) bond motifs is 2. The van der Waals surface area contributed by atoms with Gasteiger partial charge in [-0.25, -0.2) is 4.39 Å². The number of hydrogen-bond acceptors (Lipinski definition) is 6. The first-order valence-electron chi connectivity index (χ1n) is 12.4. The molecule has 10 heteroatoms. The zero-order valence-electron chi connectivity index (χ0n) is 20.9. The number of ether oxygens (including phenoxy) is 1. The Bertz CT molecular complexity index is 1410. The van der Waals surface area contributed by atoms with Gasteiger partial charge in [-0.2, -0.15) is 0 Å². The van der Waals surface area contributed by atoms with Gasteiger partial charge in [0.15, 0.2) is 12.0 Å². The highest BCUT2D eigenvalue weighted by Gasteiger charge is 2.51. The van der Waals surface area contributed by atoms with E-state index in [1.54, 1.807) is 22.6 Å².